The Balaban J connectivity index is 1.43. The predicted octanol–water partition coefficient (Wildman–Crippen LogP) is 4.86. The summed E-state index contributed by atoms with van der Waals surface area (Å²) in [7, 11) is 0. The normalized spacial score (nSPS) is 15.4. The van der Waals surface area contributed by atoms with Crippen molar-refractivity contribution in [1.82, 2.24) is 19.9 Å². The highest BCUT2D eigenvalue weighted by atomic mass is 35.5. The zero-order valence-corrected chi connectivity index (χ0v) is 16.1. The van der Waals surface area contributed by atoms with Gasteiger partial charge >= 0.3 is 0 Å². The van der Waals surface area contributed by atoms with Gasteiger partial charge in [0.2, 0.25) is 0 Å². The summed E-state index contributed by atoms with van der Waals surface area (Å²) in [6, 6.07) is 5.56. The van der Waals surface area contributed by atoms with E-state index in [2.05, 4.69) is 15.3 Å². The number of nitrogens with one attached hydrogen (secondary N) is 1. The number of hydrogen-bond acceptors (Lipinski definition) is 4. The summed E-state index contributed by atoms with van der Waals surface area (Å²) in [6.45, 7) is 1.45. The largest absolute Gasteiger partial charge is 0.341 e. The number of likely N-dealkylation sites (tertiary alicyclic amines) is 1. The topological polar surface area (TPSA) is 61.9 Å². The van der Waals surface area contributed by atoms with Crippen LogP contribution in [0.25, 0.3) is 11.3 Å². The molecule has 1 saturated heterocycles. The number of benzene rings is 1. The number of amides is 1. The van der Waals surface area contributed by atoms with Crippen molar-refractivity contribution < 1.29 is 4.79 Å². The van der Waals surface area contributed by atoms with Crippen molar-refractivity contribution in [1.29, 1.82) is 0 Å². The molecule has 26 heavy (non-hydrogen) atoms. The molecule has 0 atom stereocenters. The van der Waals surface area contributed by atoms with Crippen molar-refractivity contribution in [2.45, 2.75) is 18.8 Å². The summed E-state index contributed by atoms with van der Waals surface area (Å²) in [5.74, 6) is 0.388. The van der Waals surface area contributed by atoms with Crippen molar-refractivity contribution >= 4 is 40.4 Å². The van der Waals surface area contributed by atoms with Crippen LogP contribution in [0.15, 0.2) is 36.1 Å². The number of carbonyl (C=O) groups is 1. The molecule has 1 aliphatic rings. The van der Waals surface area contributed by atoms with Crippen LogP contribution in [0.4, 0.5) is 0 Å². The van der Waals surface area contributed by atoms with Crippen molar-refractivity contribution in [3.05, 3.63) is 56.9 Å². The third kappa shape index (κ3) is 3.49. The zero-order chi connectivity index (χ0) is 18.1. The van der Waals surface area contributed by atoms with Gasteiger partial charge in [0.1, 0.15) is 5.69 Å². The summed E-state index contributed by atoms with van der Waals surface area (Å²) < 4.78 is 0. The minimum Gasteiger partial charge on any atom is -0.341 e. The molecule has 4 rings (SSSR count). The molecular weight excluding hydrogens is 391 g/mol. The number of halogens is 2. The van der Waals surface area contributed by atoms with E-state index in [0.29, 0.717) is 21.7 Å². The standard InChI is InChI=1S/C18H16Cl2N4OS/c19-13-2-1-12(7-14(13)20)16-9-26-17(23-16)11-3-5-24(6-4-11)18(25)15-8-21-10-22-15/h1-2,7-11H,3-6H2,(H,21,22). The minimum absolute atomic E-state index is 0.0107. The fourth-order valence-corrected chi connectivity index (χ4v) is 4.43. The zero-order valence-electron chi connectivity index (χ0n) is 13.8. The lowest BCUT2D eigenvalue weighted by molar-refractivity contribution is 0.0707. The van der Waals surface area contributed by atoms with Gasteiger partial charge in [-0.05, 0) is 25.0 Å². The molecule has 0 radical (unpaired) electrons. The fraction of sp³-hybridized carbons (Fsp3) is 0.278. The third-order valence-corrected chi connectivity index (χ3v) is 6.34. The lowest BCUT2D eigenvalue weighted by Crippen LogP contribution is -2.38. The Morgan fingerprint density at radius 2 is 2.04 bits per heavy atom. The SMILES string of the molecule is O=C(c1cnc[nH]1)N1CCC(c2nc(-c3ccc(Cl)c(Cl)c3)cs2)CC1. The van der Waals surface area contributed by atoms with Gasteiger partial charge < -0.3 is 9.88 Å². The van der Waals surface area contributed by atoms with Crippen LogP contribution in [-0.2, 0) is 0 Å². The number of nitrogens with zero attached hydrogens (tertiary/aromatic N) is 3. The summed E-state index contributed by atoms with van der Waals surface area (Å²) in [5.41, 5.74) is 2.42. The van der Waals surface area contributed by atoms with Gasteiger partial charge in [-0.25, -0.2) is 9.97 Å². The molecule has 0 saturated carbocycles. The number of aromatic amines is 1. The minimum atomic E-state index is 0.0107. The van der Waals surface area contributed by atoms with E-state index in [1.807, 2.05) is 17.0 Å². The van der Waals surface area contributed by atoms with Gasteiger partial charge in [0.25, 0.3) is 5.91 Å². The van der Waals surface area contributed by atoms with Crippen LogP contribution in [0.5, 0.6) is 0 Å². The van der Waals surface area contributed by atoms with E-state index in [0.717, 1.165) is 42.2 Å². The Hall–Kier alpha value is -1.89. The van der Waals surface area contributed by atoms with E-state index in [1.54, 1.807) is 23.6 Å². The van der Waals surface area contributed by atoms with Gasteiger partial charge in [-0.1, -0.05) is 29.3 Å². The highest BCUT2D eigenvalue weighted by Gasteiger charge is 2.27. The van der Waals surface area contributed by atoms with Crippen LogP contribution in [0, 0.1) is 0 Å². The number of carbonyl (C=O) groups excluding carboxylic acids is 1. The first-order valence-corrected chi connectivity index (χ1v) is 9.94. The highest BCUT2D eigenvalue weighted by molar-refractivity contribution is 7.10. The van der Waals surface area contributed by atoms with E-state index in [1.165, 1.54) is 6.33 Å². The molecule has 1 aliphatic heterocycles. The van der Waals surface area contributed by atoms with Gasteiger partial charge in [-0.2, -0.15) is 0 Å². The van der Waals surface area contributed by atoms with E-state index >= 15 is 0 Å². The van der Waals surface area contributed by atoms with E-state index in [-0.39, 0.29) is 5.91 Å². The summed E-state index contributed by atoms with van der Waals surface area (Å²) in [6.07, 6.45) is 4.92. The molecule has 8 heteroatoms. The first kappa shape index (κ1) is 17.5. The number of rotatable bonds is 3. The lowest BCUT2D eigenvalue weighted by atomic mass is 9.97. The maximum atomic E-state index is 12.4. The van der Waals surface area contributed by atoms with Crippen molar-refractivity contribution in [2.75, 3.05) is 13.1 Å². The quantitative estimate of drug-likeness (QED) is 0.675. The summed E-state index contributed by atoms with van der Waals surface area (Å²) in [4.78, 5) is 25.8. The molecule has 0 spiro atoms. The molecule has 1 N–H and O–H groups in total. The van der Waals surface area contributed by atoms with Crippen LogP contribution < -0.4 is 0 Å². The molecule has 2 aromatic heterocycles. The first-order chi connectivity index (χ1) is 12.6. The molecule has 3 heterocycles. The summed E-state index contributed by atoms with van der Waals surface area (Å²) in [5, 5.41) is 4.24. The van der Waals surface area contributed by atoms with E-state index in [4.69, 9.17) is 28.2 Å². The molecule has 5 nitrogen and oxygen atoms in total. The lowest BCUT2D eigenvalue weighted by Gasteiger charge is -2.30. The van der Waals surface area contributed by atoms with Crippen LogP contribution >= 0.6 is 34.5 Å². The smallest absolute Gasteiger partial charge is 0.271 e. The predicted molar refractivity (Wildman–Crippen MR) is 104 cm³/mol. The van der Waals surface area contributed by atoms with Crippen molar-refractivity contribution in [3.63, 3.8) is 0 Å². The molecular formula is C18H16Cl2N4OS. The highest BCUT2D eigenvalue weighted by Crippen LogP contribution is 2.34. The van der Waals surface area contributed by atoms with Crippen LogP contribution in [0.2, 0.25) is 10.0 Å². The number of aromatic nitrogens is 3. The number of hydrogen-bond donors (Lipinski definition) is 1. The Labute approximate surface area is 165 Å². The number of piperidine rings is 1. The molecule has 0 bridgehead atoms. The average Bonchev–Trinajstić information content (AvgIpc) is 3.36. The molecule has 1 aromatic carbocycles. The maximum absolute atomic E-state index is 12.4. The number of imidazole rings is 1. The summed E-state index contributed by atoms with van der Waals surface area (Å²) >= 11 is 13.8. The Bertz CT molecular complexity index is 917. The number of thiazole rings is 1. The van der Waals surface area contributed by atoms with E-state index < -0.39 is 0 Å². The molecule has 1 fully saturated rings. The Morgan fingerprint density at radius 3 is 2.73 bits per heavy atom. The molecule has 3 aromatic rings. The first-order valence-electron chi connectivity index (χ1n) is 8.30. The second-order valence-corrected chi connectivity index (χ2v) is 7.94. The molecule has 1 amide bonds. The van der Waals surface area contributed by atoms with Gasteiger partial charge in [0.15, 0.2) is 0 Å². The monoisotopic (exact) mass is 406 g/mol. The Kier molecular flexibility index (Phi) is 4.98. The van der Waals surface area contributed by atoms with Gasteiger partial charge in [0.05, 0.1) is 33.3 Å². The molecule has 0 aliphatic carbocycles. The molecule has 0 unspecified atom stereocenters. The second-order valence-electron chi connectivity index (χ2n) is 6.23. The van der Waals surface area contributed by atoms with Gasteiger partial charge in [-0.15, -0.1) is 11.3 Å². The third-order valence-electron chi connectivity index (χ3n) is 4.60. The van der Waals surface area contributed by atoms with Gasteiger partial charge in [-0.3, -0.25) is 4.79 Å². The van der Waals surface area contributed by atoms with Crippen LogP contribution in [0.1, 0.15) is 34.3 Å². The average molecular weight is 407 g/mol. The van der Waals surface area contributed by atoms with Crippen LogP contribution in [-0.4, -0.2) is 38.8 Å². The van der Waals surface area contributed by atoms with Crippen molar-refractivity contribution in [3.8, 4) is 11.3 Å². The van der Waals surface area contributed by atoms with E-state index in [9.17, 15) is 4.79 Å². The fourth-order valence-electron chi connectivity index (χ4n) is 3.14. The Morgan fingerprint density at radius 1 is 1.23 bits per heavy atom. The maximum Gasteiger partial charge on any atom is 0.271 e. The molecule has 134 valence electrons. The van der Waals surface area contributed by atoms with Gasteiger partial charge in [0, 0.05) is 30.0 Å². The van der Waals surface area contributed by atoms with Crippen LogP contribution in [0.3, 0.4) is 0 Å². The number of H-pyrrole nitrogens is 1. The second kappa shape index (κ2) is 7.39. The van der Waals surface area contributed by atoms with Crippen molar-refractivity contribution in [2.24, 2.45) is 0 Å².